The molecule has 0 aliphatic carbocycles. The van der Waals surface area contributed by atoms with Crippen molar-refractivity contribution >= 4 is 28.2 Å². The first kappa shape index (κ1) is 16.8. The van der Waals surface area contributed by atoms with Gasteiger partial charge in [0, 0.05) is 19.3 Å². The van der Waals surface area contributed by atoms with Crippen LogP contribution in [0.25, 0.3) is 0 Å². The summed E-state index contributed by atoms with van der Waals surface area (Å²) < 4.78 is 5.73. The van der Waals surface area contributed by atoms with E-state index in [9.17, 15) is 4.79 Å². The molecule has 24 heavy (non-hydrogen) atoms. The Balaban J connectivity index is 1.66. The van der Waals surface area contributed by atoms with Gasteiger partial charge in [0.25, 0.3) is 5.91 Å². The van der Waals surface area contributed by atoms with E-state index in [4.69, 9.17) is 4.74 Å². The molecule has 3 rings (SSSR count). The number of nitrogens with zero attached hydrogens (tertiary/aromatic N) is 4. The molecule has 7 nitrogen and oxygen atoms in total. The monoisotopic (exact) mass is 347 g/mol. The number of ether oxygens (including phenoxy) is 1. The number of rotatable bonds is 4. The topological polar surface area (TPSA) is 80.2 Å². The van der Waals surface area contributed by atoms with Crippen molar-refractivity contribution in [2.75, 3.05) is 23.3 Å². The van der Waals surface area contributed by atoms with E-state index in [0.29, 0.717) is 10.7 Å². The Morgan fingerprint density at radius 3 is 2.67 bits per heavy atom. The second-order valence-corrected chi connectivity index (χ2v) is 6.94. The molecule has 1 amide bonds. The minimum Gasteiger partial charge on any atom is -0.372 e. The highest BCUT2D eigenvalue weighted by molar-refractivity contribution is 7.15. The largest absolute Gasteiger partial charge is 0.372 e. The fourth-order valence-electron chi connectivity index (χ4n) is 2.69. The summed E-state index contributed by atoms with van der Waals surface area (Å²) in [7, 11) is 0. The number of morpholine rings is 1. The lowest BCUT2D eigenvalue weighted by atomic mass is 10.2. The lowest BCUT2D eigenvalue weighted by Crippen LogP contribution is -2.45. The average Bonchev–Trinajstić information content (AvgIpc) is 3.01. The molecule has 0 aromatic carbocycles. The number of aryl methyl sites for hydroxylation is 1. The number of amides is 1. The van der Waals surface area contributed by atoms with Gasteiger partial charge in [-0.25, -0.2) is 4.98 Å². The van der Waals surface area contributed by atoms with Crippen molar-refractivity contribution in [3.05, 3.63) is 28.9 Å². The summed E-state index contributed by atoms with van der Waals surface area (Å²) in [6.45, 7) is 7.71. The van der Waals surface area contributed by atoms with Gasteiger partial charge in [-0.1, -0.05) is 18.3 Å². The van der Waals surface area contributed by atoms with Crippen LogP contribution in [0.3, 0.4) is 0 Å². The first-order valence-electron chi connectivity index (χ1n) is 8.05. The second kappa shape index (κ2) is 7.23. The summed E-state index contributed by atoms with van der Waals surface area (Å²) in [5, 5.41) is 12.1. The first-order valence-corrected chi connectivity index (χ1v) is 8.87. The smallest absolute Gasteiger partial charge is 0.259 e. The minimum absolute atomic E-state index is 0.170. The summed E-state index contributed by atoms with van der Waals surface area (Å²) in [5.74, 6) is 0.634. The lowest BCUT2D eigenvalue weighted by molar-refractivity contribution is -0.00546. The maximum atomic E-state index is 12.3. The van der Waals surface area contributed by atoms with Crippen molar-refractivity contribution in [1.82, 2.24) is 15.2 Å². The third kappa shape index (κ3) is 3.88. The van der Waals surface area contributed by atoms with Crippen molar-refractivity contribution in [3.8, 4) is 0 Å². The van der Waals surface area contributed by atoms with Crippen LogP contribution in [0, 0.1) is 0 Å². The van der Waals surface area contributed by atoms with Gasteiger partial charge in [-0.3, -0.25) is 10.1 Å². The highest BCUT2D eigenvalue weighted by atomic mass is 32.1. The third-order valence-electron chi connectivity index (χ3n) is 3.74. The molecule has 2 aromatic heterocycles. The Labute approximate surface area is 145 Å². The van der Waals surface area contributed by atoms with Crippen LogP contribution in [0.4, 0.5) is 10.9 Å². The molecule has 1 fully saturated rings. The van der Waals surface area contributed by atoms with Crippen molar-refractivity contribution in [1.29, 1.82) is 0 Å². The normalized spacial score (nSPS) is 20.9. The van der Waals surface area contributed by atoms with Gasteiger partial charge in [0.15, 0.2) is 0 Å². The SMILES string of the molecule is CCc1nnc(NC(=O)c2ccc(N3C[C@@H](C)O[C@@H](C)C3)nc2)s1. The molecule has 0 bridgehead atoms. The van der Waals surface area contributed by atoms with Gasteiger partial charge in [-0.05, 0) is 32.4 Å². The summed E-state index contributed by atoms with van der Waals surface area (Å²) in [6, 6.07) is 3.65. The maximum absolute atomic E-state index is 12.3. The van der Waals surface area contributed by atoms with Crippen molar-refractivity contribution < 1.29 is 9.53 Å². The number of anilines is 2. The van der Waals surface area contributed by atoms with Gasteiger partial charge in [-0.15, -0.1) is 10.2 Å². The number of nitrogens with one attached hydrogen (secondary N) is 1. The average molecular weight is 347 g/mol. The molecule has 8 heteroatoms. The number of hydrogen-bond acceptors (Lipinski definition) is 7. The van der Waals surface area contributed by atoms with E-state index in [-0.39, 0.29) is 18.1 Å². The number of carbonyl (C=O) groups is 1. The first-order chi connectivity index (χ1) is 11.5. The molecule has 0 spiro atoms. The van der Waals surface area contributed by atoms with E-state index in [1.807, 2.05) is 13.0 Å². The lowest BCUT2D eigenvalue weighted by Gasteiger charge is -2.36. The van der Waals surface area contributed by atoms with Gasteiger partial charge in [-0.2, -0.15) is 0 Å². The van der Waals surface area contributed by atoms with Crippen LogP contribution in [-0.2, 0) is 11.2 Å². The van der Waals surface area contributed by atoms with Crippen molar-refractivity contribution in [2.24, 2.45) is 0 Å². The molecule has 1 aliphatic heterocycles. The van der Waals surface area contributed by atoms with E-state index in [1.165, 1.54) is 11.3 Å². The number of hydrogen-bond donors (Lipinski definition) is 1. The second-order valence-electron chi connectivity index (χ2n) is 5.88. The molecule has 2 aromatic rings. The van der Waals surface area contributed by atoms with Gasteiger partial charge < -0.3 is 9.64 Å². The fraction of sp³-hybridized carbons (Fsp3) is 0.500. The zero-order valence-electron chi connectivity index (χ0n) is 14.0. The van der Waals surface area contributed by atoms with Crippen LogP contribution in [0.1, 0.15) is 36.1 Å². The van der Waals surface area contributed by atoms with Crippen LogP contribution in [0.2, 0.25) is 0 Å². The Hall–Kier alpha value is -2.06. The Morgan fingerprint density at radius 1 is 1.33 bits per heavy atom. The quantitative estimate of drug-likeness (QED) is 0.914. The summed E-state index contributed by atoms with van der Waals surface area (Å²) in [5.41, 5.74) is 0.501. The van der Waals surface area contributed by atoms with E-state index in [2.05, 4.69) is 39.2 Å². The van der Waals surface area contributed by atoms with Gasteiger partial charge in [0.2, 0.25) is 5.13 Å². The van der Waals surface area contributed by atoms with E-state index in [1.54, 1.807) is 12.3 Å². The minimum atomic E-state index is -0.225. The molecule has 0 unspecified atom stereocenters. The van der Waals surface area contributed by atoms with Crippen LogP contribution in [0.15, 0.2) is 18.3 Å². The molecule has 1 aliphatic rings. The molecule has 128 valence electrons. The van der Waals surface area contributed by atoms with E-state index < -0.39 is 0 Å². The standard InChI is InChI=1S/C16H21N5O2S/c1-4-14-19-20-16(24-14)18-15(22)12-5-6-13(17-7-12)21-8-10(2)23-11(3)9-21/h5-7,10-11H,4,8-9H2,1-3H3,(H,18,20,22)/t10-,11+. The highest BCUT2D eigenvalue weighted by Crippen LogP contribution is 2.20. The van der Waals surface area contributed by atoms with Gasteiger partial charge >= 0.3 is 0 Å². The molecule has 2 atom stereocenters. The zero-order chi connectivity index (χ0) is 17.1. The molecule has 0 saturated carbocycles. The highest BCUT2D eigenvalue weighted by Gasteiger charge is 2.23. The van der Waals surface area contributed by atoms with Crippen LogP contribution < -0.4 is 10.2 Å². The van der Waals surface area contributed by atoms with Crippen molar-refractivity contribution in [3.63, 3.8) is 0 Å². The number of carbonyl (C=O) groups excluding carboxylic acids is 1. The number of pyridine rings is 1. The predicted octanol–water partition coefficient (Wildman–Crippen LogP) is 2.36. The third-order valence-corrected chi connectivity index (χ3v) is 4.73. The molecule has 1 saturated heterocycles. The summed E-state index contributed by atoms with van der Waals surface area (Å²) in [4.78, 5) is 18.9. The molecule has 3 heterocycles. The van der Waals surface area contributed by atoms with Crippen LogP contribution in [-0.4, -0.2) is 46.4 Å². The van der Waals surface area contributed by atoms with E-state index >= 15 is 0 Å². The Bertz CT molecular complexity index is 693. The summed E-state index contributed by atoms with van der Waals surface area (Å²) in [6.07, 6.45) is 2.74. The Kier molecular flexibility index (Phi) is 5.06. The van der Waals surface area contributed by atoms with E-state index in [0.717, 1.165) is 30.3 Å². The summed E-state index contributed by atoms with van der Waals surface area (Å²) >= 11 is 1.39. The predicted molar refractivity (Wildman–Crippen MR) is 93.7 cm³/mol. The number of aromatic nitrogens is 3. The maximum Gasteiger partial charge on any atom is 0.259 e. The molecular formula is C16H21N5O2S. The fourth-order valence-corrected chi connectivity index (χ4v) is 3.36. The van der Waals surface area contributed by atoms with Crippen molar-refractivity contribution in [2.45, 2.75) is 39.4 Å². The zero-order valence-corrected chi connectivity index (χ0v) is 14.8. The molecule has 1 N–H and O–H groups in total. The van der Waals surface area contributed by atoms with Crippen LogP contribution in [0.5, 0.6) is 0 Å². The molecular weight excluding hydrogens is 326 g/mol. The van der Waals surface area contributed by atoms with Crippen LogP contribution >= 0.6 is 11.3 Å². The molecule has 0 radical (unpaired) electrons. The Morgan fingerprint density at radius 2 is 2.08 bits per heavy atom. The van der Waals surface area contributed by atoms with Gasteiger partial charge in [0.05, 0.1) is 17.8 Å². The van der Waals surface area contributed by atoms with Gasteiger partial charge in [0.1, 0.15) is 10.8 Å².